The Kier molecular flexibility index (Phi) is 4.08. The van der Waals surface area contributed by atoms with E-state index in [0.717, 1.165) is 19.3 Å². The molecule has 1 aliphatic carbocycles. The maximum absolute atomic E-state index is 5.91. The van der Waals surface area contributed by atoms with Crippen LogP contribution in [0.25, 0.3) is 0 Å². The van der Waals surface area contributed by atoms with Crippen LogP contribution in [0.3, 0.4) is 0 Å². The first-order valence-corrected chi connectivity index (χ1v) is 7.86. The molecule has 1 spiro atoms. The van der Waals surface area contributed by atoms with Crippen molar-refractivity contribution in [3.05, 3.63) is 0 Å². The van der Waals surface area contributed by atoms with Crippen LogP contribution in [0, 0.1) is 5.92 Å². The molecule has 19 heavy (non-hydrogen) atoms. The lowest BCUT2D eigenvalue weighted by Crippen LogP contribution is -2.41. The molecule has 0 aromatic heterocycles. The predicted molar refractivity (Wildman–Crippen MR) is 73.0 cm³/mol. The summed E-state index contributed by atoms with van der Waals surface area (Å²) in [4.78, 5) is 5.58. The van der Waals surface area contributed by atoms with Crippen molar-refractivity contribution >= 4 is 5.71 Å². The molecule has 0 N–H and O–H groups in total. The van der Waals surface area contributed by atoms with Crippen LogP contribution in [-0.2, 0) is 14.3 Å². The standard InChI is InChI=1S/C15H25NO3/c1-2-3-4-5-6-7-12-14-13(19-16-12)8-9-15(14)17-10-11-18-15/h13-14H,2-11H2,1H3/t13-,14-/m0/s1. The summed E-state index contributed by atoms with van der Waals surface area (Å²) in [5.41, 5.74) is 1.18. The molecule has 1 saturated heterocycles. The maximum atomic E-state index is 5.91. The van der Waals surface area contributed by atoms with Crippen molar-refractivity contribution in [3.8, 4) is 0 Å². The monoisotopic (exact) mass is 267 g/mol. The van der Waals surface area contributed by atoms with Crippen molar-refractivity contribution in [2.75, 3.05) is 13.2 Å². The Labute approximate surface area is 115 Å². The minimum absolute atomic E-state index is 0.198. The molecular weight excluding hydrogens is 242 g/mol. The maximum Gasteiger partial charge on any atom is 0.180 e. The van der Waals surface area contributed by atoms with Gasteiger partial charge < -0.3 is 14.3 Å². The lowest BCUT2D eigenvalue weighted by atomic mass is 9.91. The van der Waals surface area contributed by atoms with Crippen LogP contribution in [-0.4, -0.2) is 30.8 Å². The zero-order valence-electron chi connectivity index (χ0n) is 11.9. The van der Waals surface area contributed by atoms with Gasteiger partial charge in [0.25, 0.3) is 0 Å². The third-order valence-electron chi connectivity index (χ3n) is 4.60. The summed E-state index contributed by atoms with van der Waals surface area (Å²) < 4.78 is 11.8. The molecule has 3 rings (SSSR count). The first-order valence-electron chi connectivity index (χ1n) is 7.86. The van der Waals surface area contributed by atoms with Crippen LogP contribution >= 0.6 is 0 Å². The van der Waals surface area contributed by atoms with E-state index >= 15 is 0 Å². The fourth-order valence-electron chi connectivity index (χ4n) is 3.63. The second kappa shape index (κ2) is 5.80. The van der Waals surface area contributed by atoms with Gasteiger partial charge in [-0.15, -0.1) is 0 Å². The molecule has 2 atom stereocenters. The Morgan fingerprint density at radius 3 is 2.74 bits per heavy atom. The molecule has 0 radical (unpaired) electrons. The predicted octanol–water partition coefficient (Wildman–Crippen LogP) is 3.25. The third kappa shape index (κ3) is 2.52. The van der Waals surface area contributed by atoms with E-state index in [0.29, 0.717) is 13.2 Å². The molecular formula is C15H25NO3. The first-order chi connectivity index (χ1) is 9.36. The van der Waals surface area contributed by atoms with Gasteiger partial charge in [-0.05, 0) is 19.3 Å². The Morgan fingerprint density at radius 2 is 1.95 bits per heavy atom. The summed E-state index contributed by atoms with van der Waals surface area (Å²) >= 11 is 0. The molecule has 0 aromatic carbocycles. The lowest BCUT2D eigenvalue weighted by molar-refractivity contribution is -0.171. The zero-order valence-corrected chi connectivity index (χ0v) is 11.9. The van der Waals surface area contributed by atoms with E-state index in [9.17, 15) is 0 Å². The number of oxime groups is 1. The molecule has 2 heterocycles. The normalized spacial score (nSPS) is 31.5. The van der Waals surface area contributed by atoms with Crippen LogP contribution in [0.15, 0.2) is 5.16 Å². The van der Waals surface area contributed by atoms with Crippen molar-refractivity contribution in [1.29, 1.82) is 0 Å². The van der Waals surface area contributed by atoms with E-state index in [1.165, 1.54) is 37.8 Å². The quantitative estimate of drug-likeness (QED) is 0.693. The van der Waals surface area contributed by atoms with Gasteiger partial charge in [0.2, 0.25) is 0 Å². The van der Waals surface area contributed by atoms with E-state index < -0.39 is 5.79 Å². The summed E-state index contributed by atoms with van der Waals surface area (Å²) in [6.07, 6.45) is 9.66. The molecule has 4 nitrogen and oxygen atoms in total. The zero-order chi connectivity index (χ0) is 13.1. The Morgan fingerprint density at radius 1 is 1.16 bits per heavy atom. The van der Waals surface area contributed by atoms with Crippen molar-refractivity contribution in [3.63, 3.8) is 0 Å². The SMILES string of the molecule is CCCCCCCC1=NO[C@H]2CCC3(OCCO3)[C@@H]12. The molecule has 0 unspecified atom stereocenters. The minimum Gasteiger partial charge on any atom is -0.392 e. The van der Waals surface area contributed by atoms with Gasteiger partial charge in [0.05, 0.1) is 24.8 Å². The number of unbranched alkanes of at least 4 members (excludes halogenated alkanes) is 4. The highest BCUT2D eigenvalue weighted by Gasteiger charge is 2.58. The Bertz CT molecular complexity index is 336. The summed E-state index contributed by atoms with van der Waals surface area (Å²) in [6.45, 7) is 3.68. The van der Waals surface area contributed by atoms with Gasteiger partial charge >= 0.3 is 0 Å². The fraction of sp³-hybridized carbons (Fsp3) is 0.933. The smallest absolute Gasteiger partial charge is 0.180 e. The Balaban J connectivity index is 1.54. The second-order valence-electron chi connectivity index (χ2n) is 5.92. The fourth-order valence-corrected chi connectivity index (χ4v) is 3.63. The van der Waals surface area contributed by atoms with E-state index in [1.807, 2.05) is 0 Å². The van der Waals surface area contributed by atoms with Gasteiger partial charge in [-0.1, -0.05) is 37.8 Å². The highest BCUT2D eigenvalue weighted by molar-refractivity contribution is 5.89. The van der Waals surface area contributed by atoms with E-state index in [2.05, 4.69) is 12.1 Å². The number of rotatable bonds is 6. The van der Waals surface area contributed by atoms with Crippen LogP contribution < -0.4 is 0 Å². The van der Waals surface area contributed by atoms with E-state index in [-0.39, 0.29) is 12.0 Å². The van der Waals surface area contributed by atoms with Gasteiger partial charge in [0, 0.05) is 6.42 Å². The molecule has 2 fully saturated rings. The molecule has 2 aliphatic heterocycles. The van der Waals surface area contributed by atoms with Gasteiger partial charge in [-0.3, -0.25) is 0 Å². The highest BCUT2D eigenvalue weighted by Crippen LogP contribution is 2.47. The minimum atomic E-state index is -0.399. The summed E-state index contributed by atoms with van der Waals surface area (Å²) in [5.74, 6) is -0.148. The van der Waals surface area contributed by atoms with Crippen LogP contribution in [0.1, 0.15) is 58.3 Å². The number of hydrogen-bond acceptors (Lipinski definition) is 4. The largest absolute Gasteiger partial charge is 0.392 e. The molecule has 108 valence electrons. The van der Waals surface area contributed by atoms with Crippen LogP contribution in [0.4, 0.5) is 0 Å². The highest BCUT2D eigenvalue weighted by atomic mass is 16.7. The average molecular weight is 267 g/mol. The van der Waals surface area contributed by atoms with Crippen LogP contribution in [0.2, 0.25) is 0 Å². The summed E-state index contributed by atoms with van der Waals surface area (Å²) in [6, 6.07) is 0. The van der Waals surface area contributed by atoms with Gasteiger partial charge in [0.15, 0.2) is 5.79 Å². The topological polar surface area (TPSA) is 40.0 Å². The van der Waals surface area contributed by atoms with Gasteiger partial charge in [-0.25, -0.2) is 0 Å². The molecule has 3 aliphatic rings. The Hall–Kier alpha value is -0.610. The van der Waals surface area contributed by atoms with Gasteiger partial charge in [-0.2, -0.15) is 0 Å². The molecule has 4 heteroatoms. The van der Waals surface area contributed by atoms with Gasteiger partial charge in [0.1, 0.15) is 6.10 Å². The molecule has 0 amide bonds. The number of nitrogens with zero attached hydrogens (tertiary/aromatic N) is 1. The number of hydrogen-bond donors (Lipinski definition) is 0. The van der Waals surface area contributed by atoms with E-state index in [4.69, 9.17) is 14.3 Å². The van der Waals surface area contributed by atoms with E-state index in [1.54, 1.807) is 0 Å². The first kappa shape index (κ1) is 13.4. The van der Waals surface area contributed by atoms with Crippen molar-refractivity contribution in [1.82, 2.24) is 0 Å². The number of fused-ring (bicyclic) bond motifs is 2. The second-order valence-corrected chi connectivity index (χ2v) is 5.92. The van der Waals surface area contributed by atoms with Crippen LogP contribution in [0.5, 0.6) is 0 Å². The van der Waals surface area contributed by atoms with Crippen molar-refractivity contribution in [2.24, 2.45) is 11.1 Å². The molecule has 1 saturated carbocycles. The molecule has 0 aromatic rings. The van der Waals surface area contributed by atoms with Crippen molar-refractivity contribution < 1.29 is 14.3 Å². The summed E-state index contributed by atoms with van der Waals surface area (Å²) in [5, 5.41) is 4.31. The summed E-state index contributed by atoms with van der Waals surface area (Å²) in [7, 11) is 0. The number of ether oxygens (including phenoxy) is 2. The molecule has 0 bridgehead atoms. The lowest BCUT2D eigenvalue weighted by Gasteiger charge is -2.28. The van der Waals surface area contributed by atoms with Crippen molar-refractivity contribution in [2.45, 2.75) is 70.2 Å². The average Bonchev–Trinajstić information content (AvgIpc) is 3.11. The third-order valence-corrected chi connectivity index (χ3v) is 4.60.